The number of carbonyl (C=O) groups excluding carboxylic acids is 1. The maximum atomic E-state index is 12.7. The van der Waals surface area contributed by atoms with Gasteiger partial charge >= 0.3 is 0 Å². The van der Waals surface area contributed by atoms with Gasteiger partial charge in [-0.25, -0.2) is 4.98 Å². The lowest BCUT2D eigenvalue weighted by Gasteiger charge is -2.35. The third-order valence-electron chi connectivity index (χ3n) is 4.32. The van der Waals surface area contributed by atoms with Crippen molar-refractivity contribution in [2.24, 2.45) is 0 Å². The number of benzene rings is 1. The number of piperazine rings is 1. The van der Waals surface area contributed by atoms with Crippen molar-refractivity contribution in [3.05, 3.63) is 40.1 Å². The van der Waals surface area contributed by atoms with Gasteiger partial charge in [-0.1, -0.05) is 23.2 Å². The van der Waals surface area contributed by atoms with Crippen LogP contribution in [0.4, 0.5) is 11.8 Å². The van der Waals surface area contributed by atoms with Gasteiger partial charge in [-0.05, 0) is 18.2 Å². The van der Waals surface area contributed by atoms with Crippen molar-refractivity contribution in [1.82, 2.24) is 24.8 Å². The highest BCUT2D eigenvalue weighted by molar-refractivity contribution is 6.42. The van der Waals surface area contributed by atoms with Crippen LogP contribution in [0.15, 0.2) is 24.5 Å². The number of hydrogen-bond donors (Lipinski definition) is 2. The summed E-state index contributed by atoms with van der Waals surface area (Å²) in [6, 6.07) is 4.91. The highest BCUT2D eigenvalue weighted by atomic mass is 35.5. The van der Waals surface area contributed by atoms with Crippen LogP contribution in [0.5, 0.6) is 0 Å². The number of nitrogen functional groups attached to an aromatic ring is 1. The van der Waals surface area contributed by atoms with Crippen LogP contribution < -0.4 is 10.6 Å². The van der Waals surface area contributed by atoms with Crippen LogP contribution in [0.2, 0.25) is 10.0 Å². The van der Waals surface area contributed by atoms with Gasteiger partial charge in [0.25, 0.3) is 5.91 Å². The number of hydrogen-bond acceptors (Lipinski definition) is 6. The lowest BCUT2D eigenvalue weighted by atomic mass is 10.2. The number of carbonyl (C=O) groups is 1. The molecule has 0 saturated carbocycles. The first kappa shape index (κ1) is 16.9. The van der Waals surface area contributed by atoms with E-state index in [2.05, 4.69) is 24.8 Å². The van der Waals surface area contributed by atoms with Gasteiger partial charge in [0.15, 0.2) is 11.5 Å². The van der Waals surface area contributed by atoms with E-state index >= 15 is 0 Å². The van der Waals surface area contributed by atoms with Gasteiger partial charge in [0.1, 0.15) is 5.52 Å². The molecule has 3 N–H and O–H groups in total. The SMILES string of the molecule is Nc1nc(N2CCN(C(=O)c3ccc(Cl)c(Cl)c3)CC2)c2[nH]cnc2n1. The first-order valence-corrected chi connectivity index (χ1v) is 8.74. The minimum atomic E-state index is -0.0721. The number of rotatable bonds is 2. The lowest BCUT2D eigenvalue weighted by Crippen LogP contribution is -2.49. The zero-order valence-corrected chi connectivity index (χ0v) is 15.1. The van der Waals surface area contributed by atoms with Gasteiger partial charge < -0.3 is 20.5 Å². The first-order chi connectivity index (χ1) is 12.5. The Hall–Kier alpha value is -2.58. The molecule has 1 aliphatic heterocycles. The molecule has 0 bridgehead atoms. The van der Waals surface area contributed by atoms with Crippen LogP contribution in [0, 0.1) is 0 Å². The summed E-state index contributed by atoms with van der Waals surface area (Å²) in [5, 5.41) is 0.798. The highest BCUT2D eigenvalue weighted by Crippen LogP contribution is 2.25. The summed E-state index contributed by atoms with van der Waals surface area (Å²) in [5.41, 5.74) is 7.57. The minimum Gasteiger partial charge on any atom is -0.368 e. The van der Waals surface area contributed by atoms with Crippen molar-refractivity contribution in [2.75, 3.05) is 36.8 Å². The van der Waals surface area contributed by atoms with Crippen molar-refractivity contribution >= 4 is 52.0 Å². The average Bonchev–Trinajstić information content (AvgIpc) is 3.11. The van der Waals surface area contributed by atoms with Crippen LogP contribution in [0.3, 0.4) is 0 Å². The molecule has 26 heavy (non-hydrogen) atoms. The Morgan fingerprint density at radius 2 is 1.88 bits per heavy atom. The predicted molar refractivity (Wildman–Crippen MR) is 101 cm³/mol. The second kappa shape index (κ2) is 6.62. The number of amides is 1. The highest BCUT2D eigenvalue weighted by Gasteiger charge is 2.25. The van der Waals surface area contributed by atoms with Crippen molar-refractivity contribution < 1.29 is 4.79 Å². The Balaban J connectivity index is 1.51. The van der Waals surface area contributed by atoms with E-state index in [1.165, 1.54) is 0 Å². The van der Waals surface area contributed by atoms with Gasteiger partial charge in [0.2, 0.25) is 5.95 Å². The molecule has 1 aliphatic rings. The fourth-order valence-electron chi connectivity index (χ4n) is 3.00. The molecule has 4 rings (SSSR count). The molecule has 0 atom stereocenters. The van der Waals surface area contributed by atoms with E-state index in [1.54, 1.807) is 29.4 Å². The second-order valence-electron chi connectivity index (χ2n) is 5.91. The van der Waals surface area contributed by atoms with Crippen molar-refractivity contribution in [3.63, 3.8) is 0 Å². The normalized spacial score (nSPS) is 14.8. The van der Waals surface area contributed by atoms with Crippen molar-refractivity contribution in [1.29, 1.82) is 0 Å². The number of H-pyrrole nitrogens is 1. The third-order valence-corrected chi connectivity index (χ3v) is 5.06. The molecule has 0 unspecified atom stereocenters. The molecule has 10 heteroatoms. The van der Waals surface area contributed by atoms with E-state index in [1.807, 2.05) is 0 Å². The third kappa shape index (κ3) is 3.02. The molecule has 3 aromatic rings. The maximum Gasteiger partial charge on any atom is 0.254 e. The summed E-state index contributed by atoms with van der Waals surface area (Å²) in [5.74, 6) is 0.803. The van der Waals surface area contributed by atoms with Gasteiger partial charge in [-0.3, -0.25) is 4.79 Å². The zero-order chi connectivity index (χ0) is 18.3. The summed E-state index contributed by atoms with van der Waals surface area (Å²) in [4.78, 5) is 32.1. The molecule has 1 fully saturated rings. The van der Waals surface area contributed by atoms with Crippen molar-refractivity contribution in [3.8, 4) is 0 Å². The fourth-order valence-corrected chi connectivity index (χ4v) is 3.29. The summed E-state index contributed by atoms with van der Waals surface area (Å²) in [7, 11) is 0. The van der Waals surface area contributed by atoms with E-state index < -0.39 is 0 Å². The number of fused-ring (bicyclic) bond motifs is 1. The standard InChI is InChI=1S/C16H15Cl2N7O/c17-10-2-1-9(7-11(10)18)15(26)25-5-3-24(4-6-25)14-12-13(21-8-20-12)22-16(19)23-14/h1-2,7-8H,3-6H2,(H3,19,20,21,22,23). The first-order valence-electron chi connectivity index (χ1n) is 7.99. The number of nitrogens with one attached hydrogen (secondary N) is 1. The number of nitrogens with two attached hydrogens (primary N) is 1. The van der Waals surface area contributed by atoms with E-state index in [9.17, 15) is 4.79 Å². The summed E-state index contributed by atoms with van der Waals surface area (Å²) in [6.45, 7) is 2.35. The molecule has 0 spiro atoms. The number of halogens is 2. The maximum absolute atomic E-state index is 12.7. The number of imidazole rings is 1. The van der Waals surface area contributed by atoms with Crippen LogP contribution >= 0.6 is 23.2 Å². The summed E-state index contributed by atoms with van der Waals surface area (Å²) < 4.78 is 0. The van der Waals surface area contributed by atoms with Crippen LogP contribution in [-0.4, -0.2) is 56.9 Å². The number of aromatic amines is 1. The molecule has 2 aromatic heterocycles. The molecule has 1 amide bonds. The summed E-state index contributed by atoms with van der Waals surface area (Å²) in [6.07, 6.45) is 1.56. The number of nitrogens with zero attached hydrogens (tertiary/aromatic N) is 5. The fraction of sp³-hybridized carbons (Fsp3) is 0.250. The molecule has 134 valence electrons. The number of anilines is 2. The molecule has 1 aromatic carbocycles. The molecule has 8 nitrogen and oxygen atoms in total. The Morgan fingerprint density at radius 1 is 1.12 bits per heavy atom. The van der Waals surface area contributed by atoms with Crippen molar-refractivity contribution in [2.45, 2.75) is 0 Å². The van der Waals surface area contributed by atoms with E-state index in [0.717, 1.165) is 5.52 Å². The Morgan fingerprint density at radius 3 is 2.62 bits per heavy atom. The Bertz CT molecular complexity index is 982. The largest absolute Gasteiger partial charge is 0.368 e. The van der Waals surface area contributed by atoms with Crippen LogP contribution in [-0.2, 0) is 0 Å². The zero-order valence-electron chi connectivity index (χ0n) is 13.6. The molecular weight excluding hydrogens is 377 g/mol. The topological polar surface area (TPSA) is 104 Å². The van der Waals surface area contributed by atoms with Crippen LogP contribution in [0.25, 0.3) is 11.2 Å². The van der Waals surface area contributed by atoms with Crippen LogP contribution in [0.1, 0.15) is 10.4 Å². The molecule has 0 radical (unpaired) electrons. The minimum absolute atomic E-state index is 0.0721. The molecular formula is C16H15Cl2N7O. The predicted octanol–water partition coefficient (Wildman–Crippen LogP) is 2.20. The number of aromatic nitrogens is 4. The van der Waals surface area contributed by atoms with Gasteiger partial charge in [0, 0.05) is 31.7 Å². The Labute approximate surface area is 158 Å². The van der Waals surface area contributed by atoms with Gasteiger partial charge in [-0.15, -0.1) is 0 Å². The van der Waals surface area contributed by atoms with E-state index in [0.29, 0.717) is 53.3 Å². The quantitative estimate of drug-likeness (QED) is 0.693. The average molecular weight is 392 g/mol. The second-order valence-corrected chi connectivity index (χ2v) is 6.73. The molecule has 0 aliphatic carbocycles. The van der Waals surface area contributed by atoms with E-state index in [4.69, 9.17) is 28.9 Å². The van der Waals surface area contributed by atoms with E-state index in [-0.39, 0.29) is 11.9 Å². The smallest absolute Gasteiger partial charge is 0.254 e. The lowest BCUT2D eigenvalue weighted by molar-refractivity contribution is 0.0746. The molecule has 1 saturated heterocycles. The molecule has 3 heterocycles. The van der Waals surface area contributed by atoms with Gasteiger partial charge in [0.05, 0.1) is 16.4 Å². The summed E-state index contributed by atoms with van der Waals surface area (Å²) >= 11 is 11.9. The Kier molecular flexibility index (Phi) is 4.29. The monoisotopic (exact) mass is 391 g/mol. The van der Waals surface area contributed by atoms with Gasteiger partial charge in [-0.2, -0.15) is 9.97 Å².